The fourth-order valence-corrected chi connectivity index (χ4v) is 3.47. The Morgan fingerprint density at radius 3 is 2.36 bits per heavy atom. The molecule has 5 nitrogen and oxygen atoms in total. The molecule has 0 N–H and O–H groups in total. The van der Waals surface area contributed by atoms with Gasteiger partial charge in [0.1, 0.15) is 0 Å². The van der Waals surface area contributed by atoms with E-state index in [-0.39, 0.29) is 18.0 Å². The molecular weight excluding hydrogens is 276 g/mol. The third-order valence-corrected chi connectivity index (χ3v) is 4.49. The monoisotopic (exact) mass is 306 g/mol. The van der Waals surface area contributed by atoms with Gasteiger partial charge < -0.3 is 9.47 Å². The minimum atomic E-state index is 0.262. The largest absolute Gasteiger partial charge is 0.337 e. The highest BCUT2D eigenvalue weighted by atomic mass is 16.2. The smallest absolute Gasteiger partial charge is 0.237 e. The van der Waals surface area contributed by atoms with Gasteiger partial charge in [-0.15, -0.1) is 0 Å². The molecule has 0 atom stereocenters. The third kappa shape index (κ3) is 4.57. The Kier molecular flexibility index (Phi) is 6.00. The van der Waals surface area contributed by atoms with Crippen LogP contribution in [0.2, 0.25) is 0 Å². The lowest BCUT2D eigenvalue weighted by atomic mass is 9.96. The van der Waals surface area contributed by atoms with E-state index in [0.29, 0.717) is 12.5 Å². The van der Waals surface area contributed by atoms with Crippen LogP contribution in [0, 0.1) is 5.92 Å². The normalized spacial score (nSPS) is 17.4. The minimum absolute atomic E-state index is 0.262. The molecule has 0 radical (unpaired) electrons. The molecule has 0 spiro atoms. The van der Waals surface area contributed by atoms with E-state index in [1.807, 2.05) is 23.6 Å². The summed E-state index contributed by atoms with van der Waals surface area (Å²) >= 11 is 0. The second kappa shape index (κ2) is 7.77. The number of piperidine rings is 1. The second-order valence-electron chi connectivity index (χ2n) is 6.97. The maximum absolute atomic E-state index is 12.5. The van der Waals surface area contributed by atoms with Crippen LogP contribution in [0.4, 0.5) is 0 Å². The third-order valence-electron chi connectivity index (χ3n) is 4.49. The molecule has 0 unspecified atom stereocenters. The van der Waals surface area contributed by atoms with Crippen molar-refractivity contribution >= 4 is 5.91 Å². The van der Waals surface area contributed by atoms with E-state index >= 15 is 0 Å². The number of carbonyl (C=O) groups excluding carboxylic acids is 1. The summed E-state index contributed by atoms with van der Waals surface area (Å²) in [5.74, 6) is 0.963. The van der Waals surface area contributed by atoms with Crippen LogP contribution in [0.3, 0.4) is 0 Å². The molecule has 1 amide bonds. The molecule has 2 rings (SSSR count). The number of nitrogens with zero attached hydrogens (tertiary/aromatic N) is 4. The van der Waals surface area contributed by atoms with E-state index in [4.69, 9.17) is 0 Å². The summed E-state index contributed by atoms with van der Waals surface area (Å²) in [5, 5.41) is 0. The number of amides is 1. The van der Waals surface area contributed by atoms with Crippen molar-refractivity contribution in [2.75, 3.05) is 19.6 Å². The quantitative estimate of drug-likeness (QED) is 0.809. The summed E-state index contributed by atoms with van der Waals surface area (Å²) in [5.41, 5.74) is 0. The highest BCUT2D eigenvalue weighted by Gasteiger charge is 2.25. The maximum atomic E-state index is 12.5. The molecule has 5 heteroatoms. The SMILES string of the molecule is CC(C)N(C(=O)CN1CCC(Cn2ccnc2)CC1)C(C)C. The van der Waals surface area contributed by atoms with Gasteiger partial charge in [-0.1, -0.05) is 0 Å². The van der Waals surface area contributed by atoms with Gasteiger partial charge in [-0.25, -0.2) is 4.98 Å². The lowest BCUT2D eigenvalue weighted by Crippen LogP contribution is -2.48. The Bertz CT molecular complexity index is 439. The lowest BCUT2D eigenvalue weighted by Gasteiger charge is -2.36. The zero-order chi connectivity index (χ0) is 16.1. The van der Waals surface area contributed by atoms with Crippen LogP contribution in [0.25, 0.3) is 0 Å². The minimum Gasteiger partial charge on any atom is -0.337 e. The zero-order valence-electron chi connectivity index (χ0n) is 14.4. The van der Waals surface area contributed by atoms with Crippen LogP contribution in [-0.4, -0.2) is 57.0 Å². The van der Waals surface area contributed by atoms with E-state index in [9.17, 15) is 4.79 Å². The van der Waals surface area contributed by atoms with E-state index < -0.39 is 0 Å². The molecule has 1 aromatic heterocycles. The van der Waals surface area contributed by atoms with Crippen molar-refractivity contribution in [3.63, 3.8) is 0 Å². The summed E-state index contributed by atoms with van der Waals surface area (Å²) in [4.78, 5) is 20.9. The van der Waals surface area contributed by atoms with E-state index in [2.05, 4.69) is 42.1 Å². The topological polar surface area (TPSA) is 41.4 Å². The van der Waals surface area contributed by atoms with Crippen molar-refractivity contribution in [2.45, 2.75) is 59.2 Å². The number of aromatic nitrogens is 2. The molecule has 1 fully saturated rings. The maximum Gasteiger partial charge on any atom is 0.237 e. The van der Waals surface area contributed by atoms with Crippen LogP contribution in [0.1, 0.15) is 40.5 Å². The van der Waals surface area contributed by atoms with Crippen molar-refractivity contribution in [1.29, 1.82) is 0 Å². The molecule has 0 aliphatic carbocycles. The summed E-state index contributed by atoms with van der Waals surface area (Å²) in [7, 11) is 0. The highest BCUT2D eigenvalue weighted by molar-refractivity contribution is 5.78. The first kappa shape index (κ1) is 17.0. The average Bonchev–Trinajstić information content (AvgIpc) is 2.93. The first-order valence-corrected chi connectivity index (χ1v) is 8.46. The van der Waals surface area contributed by atoms with Gasteiger partial charge in [-0.2, -0.15) is 0 Å². The molecule has 2 heterocycles. The van der Waals surface area contributed by atoms with Crippen LogP contribution in [0.15, 0.2) is 18.7 Å². The molecule has 0 saturated carbocycles. The number of carbonyl (C=O) groups is 1. The Balaban J connectivity index is 1.78. The van der Waals surface area contributed by atoms with Crippen LogP contribution < -0.4 is 0 Å². The van der Waals surface area contributed by atoms with Gasteiger partial charge in [0.05, 0.1) is 12.9 Å². The Morgan fingerprint density at radius 1 is 1.23 bits per heavy atom. The van der Waals surface area contributed by atoms with Crippen molar-refractivity contribution < 1.29 is 4.79 Å². The fourth-order valence-electron chi connectivity index (χ4n) is 3.47. The molecular formula is C17H30N4O. The molecule has 124 valence electrons. The molecule has 1 aliphatic heterocycles. The van der Waals surface area contributed by atoms with Gasteiger partial charge in [0.25, 0.3) is 0 Å². The van der Waals surface area contributed by atoms with E-state index in [1.54, 1.807) is 0 Å². The van der Waals surface area contributed by atoms with Crippen molar-refractivity contribution in [3.05, 3.63) is 18.7 Å². The van der Waals surface area contributed by atoms with Crippen molar-refractivity contribution in [3.8, 4) is 0 Å². The van der Waals surface area contributed by atoms with Crippen LogP contribution in [0.5, 0.6) is 0 Å². The Morgan fingerprint density at radius 2 is 1.86 bits per heavy atom. The number of imidazole rings is 1. The summed E-state index contributed by atoms with van der Waals surface area (Å²) in [6.07, 6.45) is 8.07. The Hall–Kier alpha value is -1.36. The van der Waals surface area contributed by atoms with E-state index in [1.165, 1.54) is 0 Å². The number of hydrogen-bond donors (Lipinski definition) is 0. The summed E-state index contributed by atoms with van der Waals surface area (Å²) < 4.78 is 2.16. The van der Waals surface area contributed by atoms with Gasteiger partial charge in [0.15, 0.2) is 0 Å². The first-order valence-electron chi connectivity index (χ1n) is 8.46. The van der Waals surface area contributed by atoms with Crippen LogP contribution >= 0.6 is 0 Å². The summed E-state index contributed by atoms with van der Waals surface area (Å²) in [6.45, 7) is 12.0. The van der Waals surface area contributed by atoms with Gasteiger partial charge in [-0.05, 0) is 59.5 Å². The van der Waals surface area contributed by atoms with E-state index in [0.717, 1.165) is 32.5 Å². The molecule has 1 saturated heterocycles. The predicted octanol–water partition coefficient (Wildman–Crippen LogP) is 2.24. The van der Waals surface area contributed by atoms with Gasteiger partial charge in [-0.3, -0.25) is 9.69 Å². The molecule has 1 aromatic rings. The van der Waals surface area contributed by atoms with Crippen molar-refractivity contribution in [1.82, 2.24) is 19.4 Å². The number of rotatable bonds is 6. The van der Waals surface area contributed by atoms with Gasteiger partial charge >= 0.3 is 0 Å². The van der Waals surface area contributed by atoms with Crippen LogP contribution in [-0.2, 0) is 11.3 Å². The lowest BCUT2D eigenvalue weighted by molar-refractivity contribution is -0.136. The van der Waals surface area contributed by atoms with Gasteiger partial charge in [0.2, 0.25) is 5.91 Å². The molecule has 1 aliphatic rings. The van der Waals surface area contributed by atoms with Crippen molar-refractivity contribution in [2.24, 2.45) is 5.92 Å². The predicted molar refractivity (Wildman–Crippen MR) is 88.5 cm³/mol. The zero-order valence-corrected chi connectivity index (χ0v) is 14.4. The molecule has 0 aromatic carbocycles. The summed E-state index contributed by atoms with van der Waals surface area (Å²) in [6, 6.07) is 0.539. The second-order valence-corrected chi connectivity index (χ2v) is 6.97. The average molecular weight is 306 g/mol. The molecule has 0 bridgehead atoms. The highest BCUT2D eigenvalue weighted by Crippen LogP contribution is 2.19. The fraction of sp³-hybridized carbons (Fsp3) is 0.765. The Labute approximate surface area is 134 Å². The number of likely N-dealkylation sites (tertiary alicyclic amines) is 1. The first-order chi connectivity index (χ1) is 10.5. The standard InChI is InChI=1S/C17H30N4O/c1-14(2)21(15(3)4)17(22)12-19-8-5-16(6-9-19)11-20-10-7-18-13-20/h7,10,13-16H,5-6,8-9,11-12H2,1-4H3. The number of hydrogen-bond acceptors (Lipinski definition) is 3. The molecule has 22 heavy (non-hydrogen) atoms. The van der Waals surface area contributed by atoms with Gasteiger partial charge in [0, 0.05) is 31.0 Å².